The highest BCUT2D eigenvalue weighted by Crippen LogP contribution is 2.36. The maximum atomic E-state index is 12.4. The Balaban J connectivity index is 1.74. The fraction of sp³-hybridized carbons (Fsp3) is 0.267. The number of aromatic nitrogens is 1. The Labute approximate surface area is 148 Å². The first-order valence-electron chi connectivity index (χ1n) is 7.19. The number of rotatable bonds is 5. The summed E-state index contributed by atoms with van der Waals surface area (Å²) in [5, 5.41) is 12.4. The van der Waals surface area contributed by atoms with E-state index in [0.29, 0.717) is 22.1 Å². The summed E-state index contributed by atoms with van der Waals surface area (Å²) in [7, 11) is 0. The number of halogens is 3. The van der Waals surface area contributed by atoms with Crippen molar-refractivity contribution in [3.63, 3.8) is 0 Å². The first kappa shape index (κ1) is 18.0. The smallest absolute Gasteiger partial charge is 0.391 e. The molecule has 0 saturated heterocycles. The monoisotopic (exact) mass is 388 g/mol. The molecule has 1 aliphatic heterocycles. The Hall–Kier alpha value is -2.82. The molecule has 3 rings (SSSR count). The average Bonchev–Trinajstić information content (AvgIpc) is 3.21. The van der Waals surface area contributed by atoms with Crippen molar-refractivity contribution in [1.82, 2.24) is 10.3 Å². The van der Waals surface area contributed by atoms with Crippen LogP contribution in [0.15, 0.2) is 23.6 Å². The number of carboxylic acid groups (broad SMARTS) is 1. The normalized spacial score (nSPS) is 14.1. The van der Waals surface area contributed by atoms with Crippen LogP contribution >= 0.6 is 11.3 Å². The van der Waals surface area contributed by atoms with Gasteiger partial charge < -0.3 is 19.9 Å². The second-order valence-electron chi connectivity index (χ2n) is 5.29. The van der Waals surface area contributed by atoms with Crippen molar-refractivity contribution in [1.29, 1.82) is 0 Å². The fourth-order valence-electron chi connectivity index (χ4n) is 2.20. The molecular formula is C15H11F3N2O5S. The number of ether oxygens (including phenoxy) is 2. The van der Waals surface area contributed by atoms with Crippen molar-refractivity contribution in [3.8, 4) is 22.1 Å². The highest BCUT2D eigenvalue weighted by Gasteiger charge is 2.36. The first-order chi connectivity index (χ1) is 12.2. The number of hydrogen-bond donors (Lipinski definition) is 2. The number of carbonyl (C=O) groups excluding carboxylic acids is 1. The van der Waals surface area contributed by atoms with Crippen LogP contribution in [-0.2, 0) is 4.79 Å². The minimum Gasteiger partial charge on any atom is -0.480 e. The molecule has 1 aromatic carbocycles. The van der Waals surface area contributed by atoms with Crippen LogP contribution in [0.25, 0.3) is 10.6 Å². The van der Waals surface area contributed by atoms with E-state index < -0.39 is 30.5 Å². The van der Waals surface area contributed by atoms with Gasteiger partial charge in [-0.3, -0.25) is 4.79 Å². The van der Waals surface area contributed by atoms with Gasteiger partial charge in [-0.1, -0.05) is 0 Å². The summed E-state index contributed by atoms with van der Waals surface area (Å²) in [6.07, 6.45) is -6.40. The number of alkyl halides is 3. The van der Waals surface area contributed by atoms with Crippen molar-refractivity contribution >= 4 is 23.2 Å². The Morgan fingerprint density at radius 2 is 2.04 bits per heavy atom. The minimum absolute atomic E-state index is 0.0973. The molecule has 0 radical (unpaired) electrons. The number of nitrogens with one attached hydrogen (secondary N) is 1. The summed E-state index contributed by atoms with van der Waals surface area (Å²) in [5.74, 6) is -1.69. The van der Waals surface area contributed by atoms with Crippen molar-refractivity contribution in [3.05, 3.63) is 29.3 Å². The van der Waals surface area contributed by atoms with E-state index in [2.05, 4.69) is 4.98 Å². The molecule has 0 bridgehead atoms. The van der Waals surface area contributed by atoms with Crippen molar-refractivity contribution in [2.24, 2.45) is 0 Å². The van der Waals surface area contributed by atoms with Gasteiger partial charge in [0.15, 0.2) is 11.5 Å². The van der Waals surface area contributed by atoms with Gasteiger partial charge in [-0.25, -0.2) is 9.78 Å². The standard InChI is InChI=1S/C15H11F3N2O5S/c16-15(17,18)4-8(14(22)23)19-12(21)9-5-26-13(20-9)7-1-2-10-11(3-7)25-6-24-10/h1-3,5,8H,4,6H2,(H,19,21)(H,22,23). The van der Waals surface area contributed by atoms with Crippen molar-refractivity contribution in [2.45, 2.75) is 18.6 Å². The number of carboxylic acids is 1. The number of carbonyl (C=O) groups is 2. The predicted octanol–water partition coefficient (Wildman–Crippen LogP) is 2.67. The molecule has 0 spiro atoms. The van der Waals surface area contributed by atoms with Crippen LogP contribution in [0.1, 0.15) is 16.9 Å². The second kappa shape index (κ2) is 6.83. The van der Waals surface area contributed by atoms with Gasteiger partial charge in [-0.2, -0.15) is 13.2 Å². The maximum absolute atomic E-state index is 12.4. The Morgan fingerprint density at radius 3 is 2.73 bits per heavy atom. The highest BCUT2D eigenvalue weighted by molar-refractivity contribution is 7.13. The molecule has 1 aliphatic rings. The molecule has 0 fully saturated rings. The van der Waals surface area contributed by atoms with E-state index in [1.54, 1.807) is 18.2 Å². The third-order valence-electron chi connectivity index (χ3n) is 3.40. The van der Waals surface area contributed by atoms with Gasteiger partial charge in [0.2, 0.25) is 6.79 Å². The van der Waals surface area contributed by atoms with Crippen molar-refractivity contribution in [2.75, 3.05) is 6.79 Å². The average molecular weight is 388 g/mol. The molecule has 2 heterocycles. The van der Waals surface area contributed by atoms with Crippen LogP contribution in [0, 0.1) is 0 Å². The molecular weight excluding hydrogens is 377 g/mol. The number of aliphatic carboxylic acids is 1. The molecule has 7 nitrogen and oxygen atoms in total. The van der Waals surface area contributed by atoms with Crippen LogP contribution in [0.5, 0.6) is 11.5 Å². The van der Waals surface area contributed by atoms with E-state index in [0.717, 1.165) is 11.3 Å². The molecule has 2 aromatic rings. The quantitative estimate of drug-likeness (QED) is 0.817. The lowest BCUT2D eigenvalue weighted by atomic mass is 10.2. The zero-order valence-corrected chi connectivity index (χ0v) is 13.7. The van der Waals surface area contributed by atoms with E-state index in [4.69, 9.17) is 14.6 Å². The van der Waals surface area contributed by atoms with Crippen LogP contribution in [-0.4, -0.2) is 41.0 Å². The number of thiazole rings is 1. The SMILES string of the molecule is O=C(NC(CC(F)(F)F)C(=O)O)c1csc(-c2ccc3c(c2)OCO3)n1. The van der Waals surface area contributed by atoms with Crippen LogP contribution < -0.4 is 14.8 Å². The van der Waals surface area contributed by atoms with Gasteiger partial charge in [-0.05, 0) is 18.2 Å². The molecule has 26 heavy (non-hydrogen) atoms. The highest BCUT2D eigenvalue weighted by atomic mass is 32.1. The molecule has 0 saturated carbocycles. The zero-order valence-electron chi connectivity index (χ0n) is 12.9. The third kappa shape index (κ3) is 4.04. The van der Waals surface area contributed by atoms with E-state index in [9.17, 15) is 22.8 Å². The summed E-state index contributed by atoms with van der Waals surface area (Å²) in [6.45, 7) is 0.0973. The second-order valence-corrected chi connectivity index (χ2v) is 6.15. The molecule has 1 unspecified atom stereocenters. The number of nitrogens with zero attached hydrogens (tertiary/aromatic N) is 1. The van der Waals surface area contributed by atoms with E-state index in [1.165, 1.54) is 5.38 Å². The van der Waals surface area contributed by atoms with Gasteiger partial charge in [0.1, 0.15) is 16.7 Å². The molecule has 0 aliphatic carbocycles. The van der Waals surface area contributed by atoms with E-state index >= 15 is 0 Å². The third-order valence-corrected chi connectivity index (χ3v) is 4.29. The Morgan fingerprint density at radius 1 is 1.31 bits per heavy atom. The summed E-state index contributed by atoms with van der Waals surface area (Å²) in [6, 6.07) is 2.94. The predicted molar refractivity (Wildman–Crippen MR) is 83.2 cm³/mol. The lowest BCUT2D eigenvalue weighted by Crippen LogP contribution is -2.43. The summed E-state index contributed by atoms with van der Waals surface area (Å²) in [4.78, 5) is 27.0. The zero-order chi connectivity index (χ0) is 18.9. The maximum Gasteiger partial charge on any atom is 0.391 e. The van der Waals surface area contributed by atoms with Gasteiger partial charge in [0, 0.05) is 10.9 Å². The number of benzene rings is 1. The Kier molecular flexibility index (Phi) is 4.72. The molecule has 2 N–H and O–H groups in total. The Bertz CT molecular complexity index is 852. The van der Waals surface area contributed by atoms with Gasteiger partial charge >= 0.3 is 12.1 Å². The first-order valence-corrected chi connectivity index (χ1v) is 8.07. The number of fused-ring (bicyclic) bond motifs is 1. The largest absolute Gasteiger partial charge is 0.480 e. The fourth-order valence-corrected chi connectivity index (χ4v) is 3.00. The van der Waals surface area contributed by atoms with E-state index in [-0.39, 0.29) is 12.5 Å². The lowest BCUT2D eigenvalue weighted by molar-refractivity contribution is -0.157. The summed E-state index contributed by atoms with van der Waals surface area (Å²) in [5.41, 5.74) is 0.458. The summed E-state index contributed by atoms with van der Waals surface area (Å²) < 4.78 is 47.6. The van der Waals surface area contributed by atoms with Crippen LogP contribution in [0.4, 0.5) is 13.2 Å². The van der Waals surface area contributed by atoms with E-state index in [1.807, 2.05) is 5.32 Å². The molecule has 1 amide bonds. The van der Waals surface area contributed by atoms with Crippen LogP contribution in [0.2, 0.25) is 0 Å². The van der Waals surface area contributed by atoms with Gasteiger partial charge in [0.05, 0.1) is 6.42 Å². The number of hydrogen-bond acceptors (Lipinski definition) is 6. The summed E-state index contributed by atoms with van der Waals surface area (Å²) >= 11 is 1.09. The molecule has 1 atom stereocenters. The van der Waals surface area contributed by atoms with Crippen molar-refractivity contribution < 1.29 is 37.3 Å². The van der Waals surface area contributed by atoms with Gasteiger partial charge in [-0.15, -0.1) is 11.3 Å². The molecule has 11 heteroatoms. The van der Waals surface area contributed by atoms with Crippen LogP contribution in [0.3, 0.4) is 0 Å². The minimum atomic E-state index is -4.73. The van der Waals surface area contributed by atoms with Gasteiger partial charge in [0.25, 0.3) is 5.91 Å². The molecule has 138 valence electrons. The molecule has 1 aromatic heterocycles. The topological polar surface area (TPSA) is 97.8 Å². The lowest BCUT2D eigenvalue weighted by Gasteiger charge is -2.15. The number of amides is 1.